The molecule has 0 bridgehead atoms. The van der Waals surface area contributed by atoms with Crippen LogP contribution in [0.3, 0.4) is 0 Å². The lowest BCUT2D eigenvalue weighted by Gasteiger charge is -2.30. The van der Waals surface area contributed by atoms with E-state index in [9.17, 15) is 0 Å². The average Bonchev–Trinajstić information content (AvgIpc) is 2.71. The molecule has 1 fully saturated rings. The first-order valence-corrected chi connectivity index (χ1v) is 7.45. The van der Waals surface area contributed by atoms with Gasteiger partial charge in [0.25, 0.3) is 0 Å². The van der Waals surface area contributed by atoms with Gasteiger partial charge in [0.2, 0.25) is 0 Å². The van der Waals surface area contributed by atoms with Gasteiger partial charge in [0.15, 0.2) is 0 Å². The fraction of sp³-hybridized carbons (Fsp3) is 0.733. The lowest BCUT2D eigenvalue weighted by atomic mass is 9.94. The highest BCUT2D eigenvalue weighted by Crippen LogP contribution is 2.31. The van der Waals surface area contributed by atoms with Crippen LogP contribution in [0.15, 0.2) is 0 Å². The van der Waals surface area contributed by atoms with E-state index in [1.54, 1.807) is 0 Å². The summed E-state index contributed by atoms with van der Waals surface area (Å²) in [5, 5.41) is 6.95. The molecule has 2 rings (SSSR count). The third-order valence-electron chi connectivity index (χ3n) is 4.09. The molecule has 0 aromatic carbocycles. The third-order valence-corrected chi connectivity index (χ3v) is 4.09. The number of hydrogen-bond donors (Lipinski definition) is 2. The zero-order valence-electron chi connectivity index (χ0n) is 13.2. The van der Waals surface area contributed by atoms with Crippen molar-refractivity contribution in [3.05, 3.63) is 11.4 Å². The van der Waals surface area contributed by atoms with Gasteiger partial charge in [0.05, 0.1) is 11.6 Å². The van der Waals surface area contributed by atoms with Crippen LogP contribution in [0.4, 0.5) is 11.6 Å². The standard InChI is InChI=1S/C15H26N4O/c1-6-8-16-13-10(2)14(18-12(4)17-13)19-15(5)7-9-20-11(15)3/h11H,6-9H2,1-5H3,(H2,16,17,18,19). The topological polar surface area (TPSA) is 59.1 Å². The number of nitrogens with one attached hydrogen (secondary N) is 2. The van der Waals surface area contributed by atoms with E-state index in [-0.39, 0.29) is 11.6 Å². The van der Waals surface area contributed by atoms with Crippen LogP contribution in [-0.4, -0.2) is 34.8 Å². The molecule has 5 heteroatoms. The van der Waals surface area contributed by atoms with Crippen LogP contribution in [0, 0.1) is 13.8 Å². The molecular formula is C15H26N4O. The Morgan fingerprint density at radius 3 is 2.60 bits per heavy atom. The first-order valence-electron chi connectivity index (χ1n) is 7.45. The maximum Gasteiger partial charge on any atom is 0.135 e. The van der Waals surface area contributed by atoms with Gasteiger partial charge in [0, 0.05) is 18.7 Å². The number of aryl methyl sites for hydroxylation is 1. The average molecular weight is 278 g/mol. The molecule has 1 aromatic heterocycles. The van der Waals surface area contributed by atoms with Crippen LogP contribution < -0.4 is 10.6 Å². The van der Waals surface area contributed by atoms with Crippen molar-refractivity contribution >= 4 is 11.6 Å². The van der Waals surface area contributed by atoms with Gasteiger partial charge in [-0.05, 0) is 40.5 Å². The zero-order chi connectivity index (χ0) is 14.8. The van der Waals surface area contributed by atoms with E-state index in [4.69, 9.17) is 4.74 Å². The first-order chi connectivity index (χ1) is 9.46. The van der Waals surface area contributed by atoms with Crippen LogP contribution in [0.1, 0.15) is 45.0 Å². The molecule has 1 saturated heterocycles. The third kappa shape index (κ3) is 3.03. The van der Waals surface area contributed by atoms with Crippen molar-refractivity contribution in [2.24, 2.45) is 0 Å². The summed E-state index contributed by atoms with van der Waals surface area (Å²) in [5.74, 6) is 2.62. The number of aromatic nitrogens is 2. The molecule has 112 valence electrons. The molecule has 0 radical (unpaired) electrons. The Labute approximate surface area is 121 Å². The largest absolute Gasteiger partial charge is 0.376 e. The highest BCUT2D eigenvalue weighted by molar-refractivity contribution is 5.58. The fourth-order valence-electron chi connectivity index (χ4n) is 2.44. The second-order valence-corrected chi connectivity index (χ2v) is 5.83. The predicted molar refractivity (Wildman–Crippen MR) is 82.3 cm³/mol. The number of hydrogen-bond acceptors (Lipinski definition) is 5. The second kappa shape index (κ2) is 5.95. The van der Waals surface area contributed by atoms with Gasteiger partial charge >= 0.3 is 0 Å². The molecule has 5 nitrogen and oxygen atoms in total. The summed E-state index contributed by atoms with van der Waals surface area (Å²) in [6.45, 7) is 12.2. The molecule has 2 N–H and O–H groups in total. The van der Waals surface area contributed by atoms with E-state index in [0.29, 0.717) is 0 Å². The number of ether oxygens (including phenoxy) is 1. The van der Waals surface area contributed by atoms with Crippen molar-refractivity contribution in [3.8, 4) is 0 Å². The van der Waals surface area contributed by atoms with E-state index in [1.807, 2.05) is 6.92 Å². The van der Waals surface area contributed by atoms with Gasteiger partial charge in [-0.3, -0.25) is 0 Å². The van der Waals surface area contributed by atoms with Gasteiger partial charge in [-0.25, -0.2) is 9.97 Å². The predicted octanol–water partition coefficient (Wildman–Crippen LogP) is 2.89. The Morgan fingerprint density at radius 2 is 2.00 bits per heavy atom. The quantitative estimate of drug-likeness (QED) is 0.867. The smallest absolute Gasteiger partial charge is 0.135 e. The van der Waals surface area contributed by atoms with E-state index in [1.165, 1.54) is 0 Å². The van der Waals surface area contributed by atoms with E-state index < -0.39 is 0 Å². The minimum absolute atomic E-state index is 0.0619. The van der Waals surface area contributed by atoms with Crippen molar-refractivity contribution < 1.29 is 4.74 Å². The summed E-state index contributed by atoms with van der Waals surface area (Å²) >= 11 is 0. The van der Waals surface area contributed by atoms with E-state index in [0.717, 1.165) is 49.0 Å². The molecule has 20 heavy (non-hydrogen) atoms. The highest BCUT2D eigenvalue weighted by Gasteiger charge is 2.37. The minimum Gasteiger partial charge on any atom is -0.376 e. The number of anilines is 2. The lowest BCUT2D eigenvalue weighted by Crippen LogP contribution is -2.41. The Kier molecular flexibility index (Phi) is 4.48. The second-order valence-electron chi connectivity index (χ2n) is 5.83. The van der Waals surface area contributed by atoms with Crippen molar-refractivity contribution in [2.45, 2.75) is 59.1 Å². The Hall–Kier alpha value is -1.36. The van der Waals surface area contributed by atoms with Gasteiger partial charge in [0.1, 0.15) is 17.5 Å². The van der Waals surface area contributed by atoms with Crippen LogP contribution in [0.25, 0.3) is 0 Å². The van der Waals surface area contributed by atoms with Gasteiger partial charge < -0.3 is 15.4 Å². The van der Waals surface area contributed by atoms with Crippen molar-refractivity contribution in [3.63, 3.8) is 0 Å². The summed E-state index contributed by atoms with van der Waals surface area (Å²) < 4.78 is 5.68. The SMILES string of the molecule is CCCNc1nc(C)nc(NC2(C)CCOC2C)c1C. The minimum atomic E-state index is -0.0619. The number of rotatable bonds is 5. The summed E-state index contributed by atoms with van der Waals surface area (Å²) in [6.07, 6.45) is 2.26. The maximum atomic E-state index is 5.68. The van der Waals surface area contributed by atoms with Crippen molar-refractivity contribution in [2.75, 3.05) is 23.8 Å². The molecule has 1 aliphatic rings. The molecule has 2 unspecified atom stereocenters. The summed E-state index contributed by atoms with van der Waals surface area (Å²) in [7, 11) is 0. The van der Waals surface area contributed by atoms with Gasteiger partial charge in [-0.1, -0.05) is 6.92 Å². The summed E-state index contributed by atoms with van der Waals surface area (Å²) in [6, 6.07) is 0. The molecule has 2 heterocycles. The van der Waals surface area contributed by atoms with Crippen LogP contribution in [0.5, 0.6) is 0 Å². The molecule has 0 aliphatic carbocycles. The Balaban J connectivity index is 2.25. The molecule has 0 amide bonds. The maximum absolute atomic E-state index is 5.68. The number of nitrogens with zero attached hydrogens (tertiary/aromatic N) is 2. The molecule has 2 atom stereocenters. The molecule has 1 aromatic rings. The van der Waals surface area contributed by atoms with E-state index >= 15 is 0 Å². The van der Waals surface area contributed by atoms with E-state index in [2.05, 4.69) is 48.3 Å². The molecule has 1 aliphatic heterocycles. The molecule has 0 saturated carbocycles. The van der Waals surface area contributed by atoms with Crippen LogP contribution in [-0.2, 0) is 4.74 Å². The van der Waals surface area contributed by atoms with Crippen LogP contribution in [0.2, 0.25) is 0 Å². The van der Waals surface area contributed by atoms with Crippen LogP contribution >= 0.6 is 0 Å². The highest BCUT2D eigenvalue weighted by atomic mass is 16.5. The molecule has 0 spiro atoms. The molecular weight excluding hydrogens is 252 g/mol. The summed E-state index contributed by atoms with van der Waals surface area (Å²) in [5.41, 5.74) is 1.01. The summed E-state index contributed by atoms with van der Waals surface area (Å²) in [4.78, 5) is 9.06. The Bertz CT molecular complexity index is 477. The lowest BCUT2D eigenvalue weighted by molar-refractivity contribution is 0.105. The van der Waals surface area contributed by atoms with Gasteiger partial charge in [-0.2, -0.15) is 0 Å². The normalized spacial score (nSPS) is 25.8. The van der Waals surface area contributed by atoms with Crippen molar-refractivity contribution in [1.82, 2.24) is 9.97 Å². The first kappa shape index (κ1) is 15.0. The van der Waals surface area contributed by atoms with Crippen molar-refractivity contribution in [1.29, 1.82) is 0 Å². The zero-order valence-corrected chi connectivity index (χ0v) is 13.2. The Morgan fingerprint density at radius 1 is 1.30 bits per heavy atom. The monoisotopic (exact) mass is 278 g/mol. The fourth-order valence-corrected chi connectivity index (χ4v) is 2.44. The van der Waals surface area contributed by atoms with Gasteiger partial charge in [-0.15, -0.1) is 0 Å².